The molecule has 1 N–H and O–H groups in total. The maximum absolute atomic E-state index is 11.9. The summed E-state index contributed by atoms with van der Waals surface area (Å²) in [6, 6.07) is 6.78. The number of hydrogen-bond donors (Lipinski definition) is 1. The SMILES string of the molecule is CC(C)CCCC(=O)Nc1ccc(-c2cccnc2)oc1=O. The van der Waals surface area contributed by atoms with Crippen LogP contribution in [-0.4, -0.2) is 10.9 Å². The quantitative estimate of drug-likeness (QED) is 0.886. The molecule has 0 aliphatic rings. The lowest BCUT2D eigenvalue weighted by Gasteiger charge is -2.06. The first-order valence-corrected chi connectivity index (χ1v) is 7.40. The zero-order valence-electron chi connectivity index (χ0n) is 12.8. The second-order valence-corrected chi connectivity index (χ2v) is 5.58. The van der Waals surface area contributed by atoms with Gasteiger partial charge in [0, 0.05) is 24.4 Å². The van der Waals surface area contributed by atoms with Crippen LogP contribution in [-0.2, 0) is 4.79 Å². The van der Waals surface area contributed by atoms with Gasteiger partial charge >= 0.3 is 5.63 Å². The van der Waals surface area contributed by atoms with E-state index in [2.05, 4.69) is 24.1 Å². The standard InChI is InChI=1S/C17H20N2O3/c1-12(2)5-3-7-16(20)19-14-8-9-15(22-17(14)21)13-6-4-10-18-11-13/h4,6,8-12H,3,5,7H2,1-2H3,(H,19,20). The highest BCUT2D eigenvalue weighted by Crippen LogP contribution is 2.17. The van der Waals surface area contributed by atoms with Crippen LogP contribution in [0.4, 0.5) is 5.69 Å². The molecule has 22 heavy (non-hydrogen) atoms. The summed E-state index contributed by atoms with van der Waals surface area (Å²) in [5.74, 6) is 0.828. The number of rotatable bonds is 6. The van der Waals surface area contributed by atoms with Crippen molar-refractivity contribution in [3.05, 3.63) is 47.1 Å². The van der Waals surface area contributed by atoms with Gasteiger partial charge in [-0.15, -0.1) is 0 Å². The summed E-state index contributed by atoms with van der Waals surface area (Å²) in [5, 5.41) is 2.60. The van der Waals surface area contributed by atoms with Crippen LogP contribution < -0.4 is 10.9 Å². The molecule has 2 aromatic rings. The van der Waals surface area contributed by atoms with Crippen molar-refractivity contribution in [1.82, 2.24) is 4.98 Å². The average molecular weight is 300 g/mol. The van der Waals surface area contributed by atoms with Crippen molar-refractivity contribution < 1.29 is 9.21 Å². The Balaban J connectivity index is 2.01. The van der Waals surface area contributed by atoms with Gasteiger partial charge in [-0.1, -0.05) is 20.3 Å². The van der Waals surface area contributed by atoms with Gasteiger partial charge in [0.1, 0.15) is 11.4 Å². The Bertz CT molecular complexity index is 678. The fourth-order valence-corrected chi connectivity index (χ4v) is 2.06. The largest absolute Gasteiger partial charge is 0.421 e. The zero-order chi connectivity index (χ0) is 15.9. The van der Waals surface area contributed by atoms with Gasteiger partial charge in [-0.3, -0.25) is 9.78 Å². The van der Waals surface area contributed by atoms with Gasteiger partial charge < -0.3 is 9.73 Å². The molecule has 2 aromatic heterocycles. The van der Waals surface area contributed by atoms with Gasteiger partial charge in [-0.2, -0.15) is 0 Å². The van der Waals surface area contributed by atoms with Crippen LogP contribution in [0.15, 0.2) is 45.9 Å². The van der Waals surface area contributed by atoms with E-state index in [0.717, 1.165) is 18.4 Å². The van der Waals surface area contributed by atoms with E-state index in [1.54, 1.807) is 36.7 Å². The molecule has 0 unspecified atom stereocenters. The molecule has 5 nitrogen and oxygen atoms in total. The molecule has 1 amide bonds. The first-order valence-electron chi connectivity index (χ1n) is 7.40. The van der Waals surface area contributed by atoms with E-state index in [-0.39, 0.29) is 11.6 Å². The zero-order valence-corrected chi connectivity index (χ0v) is 12.8. The number of nitrogens with zero attached hydrogens (tertiary/aromatic N) is 1. The highest BCUT2D eigenvalue weighted by molar-refractivity contribution is 5.90. The summed E-state index contributed by atoms with van der Waals surface area (Å²) in [6.07, 6.45) is 5.46. The molecule has 2 rings (SSSR count). The molecule has 116 valence electrons. The minimum Gasteiger partial charge on any atom is -0.421 e. The predicted octanol–water partition coefficient (Wildman–Crippen LogP) is 3.47. The summed E-state index contributed by atoms with van der Waals surface area (Å²) >= 11 is 0. The van der Waals surface area contributed by atoms with Gasteiger partial charge in [-0.25, -0.2) is 4.79 Å². The van der Waals surface area contributed by atoms with Crippen molar-refractivity contribution in [3.8, 4) is 11.3 Å². The fraction of sp³-hybridized carbons (Fsp3) is 0.353. The van der Waals surface area contributed by atoms with Crippen LogP contribution in [0.1, 0.15) is 33.1 Å². The first-order chi connectivity index (χ1) is 10.6. The number of anilines is 1. The van der Waals surface area contributed by atoms with Crippen molar-refractivity contribution >= 4 is 11.6 Å². The Hall–Kier alpha value is -2.43. The van der Waals surface area contributed by atoms with Gasteiger partial charge in [0.2, 0.25) is 5.91 Å². The summed E-state index contributed by atoms with van der Waals surface area (Å²) in [4.78, 5) is 27.7. The minimum absolute atomic E-state index is 0.165. The molecule has 2 heterocycles. The summed E-state index contributed by atoms with van der Waals surface area (Å²) < 4.78 is 5.23. The molecule has 0 aliphatic carbocycles. The van der Waals surface area contributed by atoms with E-state index < -0.39 is 5.63 Å². The van der Waals surface area contributed by atoms with E-state index in [0.29, 0.717) is 18.1 Å². The van der Waals surface area contributed by atoms with E-state index in [9.17, 15) is 9.59 Å². The number of nitrogens with one attached hydrogen (secondary N) is 1. The predicted molar refractivity (Wildman–Crippen MR) is 85.5 cm³/mol. The fourth-order valence-electron chi connectivity index (χ4n) is 2.06. The van der Waals surface area contributed by atoms with Gasteiger partial charge in [0.05, 0.1) is 0 Å². The lowest BCUT2D eigenvalue weighted by Crippen LogP contribution is -2.17. The van der Waals surface area contributed by atoms with Crippen LogP contribution in [0.5, 0.6) is 0 Å². The molecule has 0 spiro atoms. The monoisotopic (exact) mass is 300 g/mol. The number of amides is 1. The van der Waals surface area contributed by atoms with E-state index in [1.165, 1.54) is 0 Å². The number of aromatic nitrogens is 1. The van der Waals surface area contributed by atoms with Gasteiger partial charge in [-0.05, 0) is 36.6 Å². The number of carbonyl (C=O) groups is 1. The van der Waals surface area contributed by atoms with Crippen LogP contribution in [0.25, 0.3) is 11.3 Å². The van der Waals surface area contributed by atoms with Crippen molar-refractivity contribution in [2.24, 2.45) is 5.92 Å². The maximum atomic E-state index is 11.9. The van der Waals surface area contributed by atoms with Crippen LogP contribution in [0.3, 0.4) is 0 Å². The molecular weight excluding hydrogens is 280 g/mol. The molecule has 0 atom stereocenters. The Morgan fingerprint density at radius 2 is 2.14 bits per heavy atom. The lowest BCUT2D eigenvalue weighted by molar-refractivity contribution is -0.116. The number of carbonyl (C=O) groups excluding carboxylic acids is 1. The molecule has 5 heteroatoms. The molecule has 0 aromatic carbocycles. The Labute approximate surface area is 129 Å². The van der Waals surface area contributed by atoms with Crippen LogP contribution in [0, 0.1) is 5.92 Å². The second kappa shape index (κ2) is 7.54. The Morgan fingerprint density at radius 3 is 2.77 bits per heavy atom. The minimum atomic E-state index is -0.557. The average Bonchev–Trinajstić information content (AvgIpc) is 2.50. The topological polar surface area (TPSA) is 72.2 Å². The van der Waals surface area contributed by atoms with Crippen LogP contribution >= 0.6 is 0 Å². The third-order valence-electron chi connectivity index (χ3n) is 3.23. The van der Waals surface area contributed by atoms with Crippen molar-refractivity contribution in [1.29, 1.82) is 0 Å². The molecular formula is C17H20N2O3. The maximum Gasteiger partial charge on any atom is 0.360 e. The van der Waals surface area contributed by atoms with Crippen molar-refractivity contribution in [2.75, 3.05) is 5.32 Å². The Kier molecular flexibility index (Phi) is 5.47. The Morgan fingerprint density at radius 1 is 1.32 bits per heavy atom. The third kappa shape index (κ3) is 4.55. The molecule has 0 saturated carbocycles. The summed E-state index contributed by atoms with van der Waals surface area (Å²) in [6.45, 7) is 4.23. The molecule has 0 saturated heterocycles. The normalized spacial score (nSPS) is 10.7. The highest BCUT2D eigenvalue weighted by atomic mass is 16.4. The van der Waals surface area contributed by atoms with Gasteiger partial charge in [0.25, 0.3) is 0 Å². The third-order valence-corrected chi connectivity index (χ3v) is 3.23. The molecule has 0 aliphatic heterocycles. The second-order valence-electron chi connectivity index (χ2n) is 5.58. The number of pyridine rings is 1. The van der Waals surface area contributed by atoms with Crippen molar-refractivity contribution in [3.63, 3.8) is 0 Å². The summed E-state index contributed by atoms with van der Waals surface area (Å²) in [5.41, 5.74) is 0.329. The molecule has 0 radical (unpaired) electrons. The van der Waals surface area contributed by atoms with Crippen LogP contribution in [0.2, 0.25) is 0 Å². The van der Waals surface area contributed by atoms with E-state index >= 15 is 0 Å². The summed E-state index contributed by atoms with van der Waals surface area (Å²) in [7, 11) is 0. The lowest BCUT2D eigenvalue weighted by atomic mass is 10.1. The van der Waals surface area contributed by atoms with E-state index in [4.69, 9.17) is 4.42 Å². The number of hydrogen-bond acceptors (Lipinski definition) is 4. The smallest absolute Gasteiger partial charge is 0.360 e. The first kappa shape index (κ1) is 15.9. The highest BCUT2D eigenvalue weighted by Gasteiger charge is 2.09. The molecule has 0 fully saturated rings. The molecule has 0 bridgehead atoms. The van der Waals surface area contributed by atoms with Gasteiger partial charge in [0.15, 0.2) is 0 Å². The van der Waals surface area contributed by atoms with Crippen molar-refractivity contribution in [2.45, 2.75) is 33.1 Å². The van der Waals surface area contributed by atoms with E-state index in [1.807, 2.05) is 0 Å².